The summed E-state index contributed by atoms with van der Waals surface area (Å²) in [5.74, 6) is -5.82. The third kappa shape index (κ3) is 10.1. The van der Waals surface area contributed by atoms with Crippen LogP contribution in [0.15, 0.2) is 35.5 Å². The van der Waals surface area contributed by atoms with E-state index in [0.717, 1.165) is 10.9 Å². The number of amides is 3. The number of nitrogens with zero attached hydrogens (tertiary/aromatic N) is 1. The first-order valence-corrected chi connectivity index (χ1v) is 12.7. The predicted octanol–water partition coefficient (Wildman–Crippen LogP) is -2.51. The van der Waals surface area contributed by atoms with Gasteiger partial charge >= 0.3 is 11.9 Å². The number of guanidine groups is 1. The Balaban J connectivity index is 2.25. The van der Waals surface area contributed by atoms with Crippen LogP contribution in [-0.2, 0) is 30.4 Å². The number of aliphatic hydroxyl groups excluding tert-OH is 1. The van der Waals surface area contributed by atoms with E-state index in [0.29, 0.717) is 12.0 Å². The van der Waals surface area contributed by atoms with E-state index in [1.165, 1.54) is 6.92 Å². The van der Waals surface area contributed by atoms with Crippen molar-refractivity contribution in [1.29, 1.82) is 0 Å². The number of carboxylic acids is 2. The topological polar surface area (TPSA) is 288 Å². The summed E-state index contributed by atoms with van der Waals surface area (Å²) < 4.78 is 0. The third-order valence-corrected chi connectivity index (χ3v) is 6.09. The molecule has 16 heteroatoms. The lowest BCUT2D eigenvalue weighted by Gasteiger charge is -2.25. The number of aromatic nitrogens is 1. The van der Waals surface area contributed by atoms with Gasteiger partial charge in [0, 0.05) is 30.1 Å². The summed E-state index contributed by atoms with van der Waals surface area (Å²) in [6, 6.07) is 1.30. The molecule has 2 rings (SSSR count). The highest BCUT2D eigenvalue weighted by molar-refractivity contribution is 5.96. The van der Waals surface area contributed by atoms with Crippen molar-refractivity contribution in [2.75, 3.05) is 6.54 Å². The van der Waals surface area contributed by atoms with Crippen LogP contribution in [0.1, 0.15) is 31.7 Å². The van der Waals surface area contributed by atoms with Crippen LogP contribution in [0.4, 0.5) is 0 Å². The molecule has 0 saturated carbocycles. The first-order valence-electron chi connectivity index (χ1n) is 12.7. The van der Waals surface area contributed by atoms with Gasteiger partial charge < -0.3 is 53.5 Å². The molecule has 0 aliphatic rings. The van der Waals surface area contributed by atoms with Crippen LogP contribution in [-0.4, -0.2) is 92.7 Å². The molecule has 0 saturated heterocycles. The number of H-pyrrole nitrogens is 1. The number of aromatic amines is 1. The van der Waals surface area contributed by atoms with Crippen molar-refractivity contribution in [2.45, 2.75) is 62.9 Å². The van der Waals surface area contributed by atoms with Gasteiger partial charge in [-0.25, -0.2) is 4.79 Å². The number of carboxylic acid groups (broad SMARTS) is 2. The van der Waals surface area contributed by atoms with Crippen molar-refractivity contribution in [1.82, 2.24) is 20.9 Å². The second kappa shape index (κ2) is 15.2. The molecule has 13 N–H and O–H groups in total. The molecule has 41 heavy (non-hydrogen) atoms. The third-order valence-electron chi connectivity index (χ3n) is 6.09. The molecule has 1 heterocycles. The number of aliphatic imine (C=N–C) groups is 1. The van der Waals surface area contributed by atoms with E-state index in [1.807, 2.05) is 0 Å². The lowest BCUT2D eigenvalue weighted by molar-refractivity contribution is -0.145. The molecular formula is C25H36N8O8. The summed E-state index contributed by atoms with van der Waals surface area (Å²) in [7, 11) is 0. The van der Waals surface area contributed by atoms with Crippen molar-refractivity contribution in [3.63, 3.8) is 0 Å². The second-order valence-corrected chi connectivity index (χ2v) is 9.40. The number of aliphatic carboxylic acids is 2. The monoisotopic (exact) mass is 576 g/mol. The van der Waals surface area contributed by atoms with Gasteiger partial charge in [-0.3, -0.25) is 24.2 Å². The molecule has 0 radical (unpaired) electrons. The first-order chi connectivity index (χ1) is 19.3. The predicted molar refractivity (Wildman–Crippen MR) is 147 cm³/mol. The van der Waals surface area contributed by atoms with Gasteiger partial charge in [0.1, 0.15) is 12.1 Å². The zero-order valence-corrected chi connectivity index (χ0v) is 22.4. The molecule has 0 aliphatic heterocycles. The van der Waals surface area contributed by atoms with Gasteiger partial charge in [-0.05, 0) is 31.4 Å². The van der Waals surface area contributed by atoms with Crippen LogP contribution in [0.3, 0.4) is 0 Å². The number of hydrogen-bond acceptors (Lipinski definition) is 8. The maximum atomic E-state index is 13.2. The van der Waals surface area contributed by atoms with Crippen molar-refractivity contribution in [2.24, 2.45) is 22.2 Å². The highest BCUT2D eigenvalue weighted by Crippen LogP contribution is 2.19. The van der Waals surface area contributed by atoms with Gasteiger partial charge in [0.25, 0.3) is 0 Å². The van der Waals surface area contributed by atoms with Crippen LogP contribution < -0.4 is 33.2 Å². The smallest absolute Gasteiger partial charge is 0.328 e. The molecule has 3 amide bonds. The molecule has 0 aliphatic carbocycles. The number of carbonyl (C=O) groups is 5. The Labute approximate surface area is 234 Å². The number of benzene rings is 1. The maximum absolute atomic E-state index is 13.2. The van der Waals surface area contributed by atoms with Gasteiger partial charge in [-0.1, -0.05) is 18.2 Å². The number of para-hydroxylation sites is 1. The average molecular weight is 577 g/mol. The lowest BCUT2D eigenvalue weighted by Crippen LogP contribution is -2.59. The number of rotatable bonds is 16. The largest absolute Gasteiger partial charge is 0.481 e. The van der Waals surface area contributed by atoms with Crippen LogP contribution in [0.25, 0.3) is 10.9 Å². The van der Waals surface area contributed by atoms with E-state index < -0.39 is 66.4 Å². The van der Waals surface area contributed by atoms with Gasteiger partial charge in [-0.2, -0.15) is 0 Å². The Morgan fingerprint density at radius 3 is 2.22 bits per heavy atom. The maximum Gasteiger partial charge on any atom is 0.328 e. The van der Waals surface area contributed by atoms with E-state index in [9.17, 15) is 39.3 Å². The highest BCUT2D eigenvalue weighted by atomic mass is 16.4. The number of carbonyl (C=O) groups excluding carboxylic acids is 3. The normalized spacial score (nSPS) is 14.6. The van der Waals surface area contributed by atoms with Crippen LogP contribution in [0, 0.1) is 0 Å². The minimum atomic E-state index is -1.68. The molecule has 5 unspecified atom stereocenters. The first kappa shape index (κ1) is 32.5. The summed E-state index contributed by atoms with van der Waals surface area (Å²) in [6.07, 6.45) is -0.349. The quantitative estimate of drug-likeness (QED) is 0.0565. The lowest BCUT2D eigenvalue weighted by atomic mass is 10.0. The van der Waals surface area contributed by atoms with E-state index in [-0.39, 0.29) is 25.3 Å². The summed E-state index contributed by atoms with van der Waals surface area (Å²) in [4.78, 5) is 68.8. The Kier molecular flexibility index (Phi) is 12.0. The van der Waals surface area contributed by atoms with Gasteiger partial charge in [0.05, 0.1) is 18.6 Å². The molecule has 2 aromatic rings. The highest BCUT2D eigenvalue weighted by Gasteiger charge is 2.33. The standard InChI is InChI=1S/C25H36N8O8/c1-12(34)20(24(40)41)33-23(39)17(9-13-11-30-16-7-3-2-5-14(13)16)32-22(38)18(10-19(35)36)31-21(37)15(26)6-4-8-29-25(27)28/h2-3,5,7,11-12,15,17-18,20,30,34H,4,6,8-10,26H2,1H3,(H,31,37)(H,32,38)(H,33,39)(H,35,36)(H,40,41)(H4,27,28,29). The Hall–Kier alpha value is -4.70. The average Bonchev–Trinajstić information content (AvgIpc) is 3.30. The fraction of sp³-hybridized carbons (Fsp3) is 0.440. The zero-order chi connectivity index (χ0) is 30.7. The molecule has 16 nitrogen and oxygen atoms in total. The Morgan fingerprint density at radius 2 is 1.61 bits per heavy atom. The van der Waals surface area contributed by atoms with Crippen molar-refractivity contribution in [3.05, 3.63) is 36.0 Å². The summed E-state index contributed by atoms with van der Waals surface area (Å²) in [6.45, 7) is 1.38. The molecule has 224 valence electrons. The number of nitrogens with one attached hydrogen (secondary N) is 4. The van der Waals surface area contributed by atoms with Gasteiger partial charge in [0.15, 0.2) is 12.0 Å². The zero-order valence-electron chi connectivity index (χ0n) is 22.4. The number of aliphatic hydroxyl groups is 1. The van der Waals surface area contributed by atoms with Crippen LogP contribution >= 0.6 is 0 Å². The fourth-order valence-electron chi connectivity index (χ4n) is 3.96. The summed E-state index contributed by atoms with van der Waals surface area (Å²) in [5, 5.41) is 36.2. The van der Waals surface area contributed by atoms with E-state index >= 15 is 0 Å². The molecule has 0 bridgehead atoms. The molecule has 0 spiro atoms. The van der Waals surface area contributed by atoms with Crippen LogP contribution in [0.5, 0.6) is 0 Å². The minimum Gasteiger partial charge on any atom is -0.481 e. The SMILES string of the molecule is CC(O)C(NC(=O)C(Cc1c[nH]c2ccccc12)NC(=O)C(CC(=O)O)NC(=O)C(N)CCCN=C(N)N)C(=O)O. The van der Waals surface area contributed by atoms with Crippen molar-refractivity contribution >= 4 is 46.5 Å². The van der Waals surface area contributed by atoms with E-state index in [1.54, 1.807) is 30.5 Å². The van der Waals surface area contributed by atoms with Gasteiger partial charge in [-0.15, -0.1) is 0 Å². The van der Waals surface area contributed by atoms with Gasteiger partial charge in [0.2, 0.25) is 17.7 Å². The van der Waals surface area contributed by atoms with Crippen molar-refractivity contribution in [3.8, 4) is 0 Å². The summed E-state index contributed by atoms with van der Waals surface area (Å²) >= 11 is 0. The molecule has 1 aromatic carbocycles. The fourth-order valence-corrected chi connectivity index (χ4v) is 3.96. The number of nitrogens with two attached hydrogens (primary N) is 3. The number of hydrogen-bond donors (Lipinski definition) is 10. The second-order valence-electron chi connectivity index (χ2n) is 9.40. The molecule has 1 aromatic heterocycles. The molecule has 5 atom stereocenters. The van der Waals surface area contributed by atoms with E-state index in [4.69, 9.17) is 17.2 Å². The Bertz CT molecular complexity index is 1270. The van der Waals surface area contributed by atoms with Crippen molar-refractivity contribution < 1.29 is 39.3 Å². The van der Waals surface area contributed by atoms with Crippen LogP contribution in [0.2, 0.25) is 0 Å². The summed E-state index contributed by atoms with van der Waals surface area (Å²) in [5.41, 5.74) is 17.7. The minimum absolute atomic E-state index is 0.129. The van der Waals surface area contributed by atoms with E-state index in [2.05, 4.69) is 25.9 Å². The Morgan fingerprint density at radius 1 is 0.976 bits per heavy atom. The molecular weight excluding hydrogens is 540 g/mol. The number of fused-ring (bicyclic) bond motifs is 1. The molecule has 0 fully saturated rings.